The molecule has 11 heteroatoms. The van der Waals surface area contributed by atoms with Crippen molar-refractivity contribution < 1.29 is 52.4 Å². The first-order valence-corrected chi connectivity index (χ1v) is 10.5. The van der Waals surface area contributed by atoms with Crippen molar-refractivity contribution >= 4 is 17.3 Å². The van der Waals surface area contributed by atoms with Gasteiger partial charge in [0.25, 0.3) is 0 Å². The van der Waals surface area contributed by atoms with E-state index in [1.54, 1.807) is 0 Å². The standard InChI is InChI=1S/C27H14F4O7/c28-11-1-3-21(32)15(5-11)23(34)17-7-13(30)9-19(25(17)36)27(38)20-10-14(31)8-18(26(20)37)24(35)16-6-12(29)2-4-22(16)33/h1-10,32-33,36-37H. The first kappa shape index (κ1) is 25.9. The Morgan fingerprint density at radius 1 is 0.421 bits per heavy atom. The van der Waals surface area contributed by atoms with Crippen molar-refractivity contribution in [3.8, 4) is 23.0 Å². The molecule has 0 fully saturated rings. The van der Waals surface area contributed by atoms with Crippen molar-refractivity contribution in [1.29, 1.82) is 0 Å². The van der Waals surface area contributed by atoms with Crippen LogP contribution in [0.25, 0.3) is 0 Å². The van der Waals surface area contributed by atoms with Gasteiger partial charge < -0.3 is 20.4 Å². The summed E-state index contributed by atoms with van der Waals surface area (Å²) in [6, 6.07) is 6.51. The summed E-state index contributed by atoms with van der Waals surface area (Å²) in [5, 5.41) is 41.0. The molecule has 4 N–H and O–H groups in total. The van der Waals surface area contributed by atoms with Gasteiger partial charge in [-0.05, 0) is 60.7 Å². The van der Waals surface area contributed by atoms with Gasteiger partial charge in [0.1, 0.15) is 46.3 Å². The lowest BCUT2D eigenvalue weighted by Gasteiger charge is -2.13. The Labute approximate surface area is 210 Å². The lowest BCUT2D eigenvalue weighted by atomic mass is 9.92. The lowest BCUT2D eigenvalue weighted by molar-refractivity contribution is 0.102. The van der Waals surface area contributed by atoms with Crippen LogP contribution in [0.4, 0.5) is 17.6 Å². The number of rotatable bonds is 6. The summed E-state index contributed by atoms with van der Waals surface area (Å²) in [4.78, 5) is 38.8. The predicted molar refractivity (Wildman–Crippen MR) is 123 cm³/mol. The lowest BCUT2D eigenvalue weighted by Crippen LogP contribution is -2.11. The maximum Gasteiger partial charge on any atom is 0.200 e. The molecule has 4 rings (SSSR count). The van der Waals surface area contributed by atoms with Gasteiger partial charge in [0.05, 0.1) is 33.4 Å². The minimum atomic E-state index is -1.44. The molecule has 0 aromatic heterocycles. The van der Waals surface area contributed by atoms with Crippen molar-refractivity contribution in [1.82, 2.24) is 0 Å². The molecule has 4 aromatic rings. The summed E-state index contributed by atoms with van der Waals surface area (Å²) < 4.78 is 56.1. The number of ketones is 3. The van der Waals surface area contributed by atoms with Crippen LogP contribution in [0, 0.1) is 23.3 Å². The van der Waals surface area contributed by atoms with Crippen LogP contribution in [0.2, 0.25) is 0 Å². The van der Waals surface area contributed by atoms with Crippen molar-refractivity contribution in [3.63, 3.8) is 0 Å². The average molecular weight is 526 g/mol. The first-order chi connectivity index (χ1) is 17.9. The highest BCUT2D eigenvalue weighted by molar-refractivity contribution is 6.19. The van der Waals surface area contributed by atoms with E-state index in [-0.39, 0.29) is 0 Å². The maximum absolute atomic E-state index is 14.4. The summed E-state index contributed by atoms with van der Waals surface area (Å²) in [5.41, 5.74) is -4.96. The van der Waals surface area contributed by atoms with E-state index in [2.05, 4.69) is 0 Å². The van der Waals surface area contributed by atoms with E-state index in [0.29, 0.717) is 36.4 Å². The Morgan fingerprint density at radius 3 is 1.00 bits per heavy atom. The van der Waals surface area contributed by atoms with Gasteiger partial charge in [-0.2, -0.15) is 0 Å². The van der Waals surface area contributed by atoms with Crippen molar-refractivity contribution in [2.45, 2.75) is 0 Å². The fraction of sp³-hybridized carbons (Fsp3) is 0. The number of benzene rings is 4. The summed E-state index contributed by atoms with van der Waals surface area (Å²) in [6.45, 7) is 0. The number of phenolic OH excluding ortho intramolecular Hbond substituents is 4. The highest BCUT2D eigenvalue weighted by atomic mass is 19.1. The molecular formula is C27H14F4O7. The second kappa shape index (κ2) is 9.69. The normalized spacial score (nSPS) is 10.8. The first-order valence-electron chi connectivity index (χ1n) is 10.5. The van der Waals surface area contributed by atoms with Gasteiger partial charge >= 0.3 is 0 Å². The molecule has 4 aromatic carbocycles. The molecule has 38 heavy (non-hydrogen) atoms. The number of carbonyl (C=O) groups excluding carboxylic acids is 3. The van der Waals surface area contributed by atoms with Crippen LogP contribution in [0.15, 0.2) is 60.7 Å². The molecule has 0 spiro atoms. The minimum absolute atomic E-state index is 0.462. The van der Waals surface area contributed by atoms with Crippen LogP contribution in [0.3, 0.4) is 0 Å². The third-order valence-electron chi connectivity index (χ3n) is 5.53. The van der Waals surface area contributed by atoms with E-state index in [0.717, 1.165) is 24.3 Å². The van der Waals surface area contributed by atoms with E-state index < -0.39 is 97.0 Å². The molecule has 0 bridgehead atoms. The molecule has 0 saturated carbocycles. The fourth-order valence-corrected chi connectivity index (χ4v) is 3.71. The topological polar surface area (TPSA) is 132 Å². The number of hydrogen-bond donors (Lipinski definition) is 4. The van der Waals surface area contributed by atoms with Gasteiger partial charge in [-0.3, -0.25) is 14.4 Å². The zero-order chi connectivity index (χ0) is 27.9. The number of hydrogen-bond acceptors (Lipinski definition) is 7. The fourth-order valence-electron chi connectivity index (χ4n) is 3.71. The molecule has 0 unspecified atom stereocenters. The van der Waals surface area contributed by atoms with Gasteiger partial charge in [-0.15, -0.1) is 0 Å². The third kappa shape index (κ3) is 4.64. The monoisotopic (exact) mass is 526 g/mol. The highest BCUT2D eigenvalue weighted by Crippen LogP contribution is 2.35. The Balaban J connectivity index is 1.83. The molecule has 0 aliphatic rings. The number of carbonyl (C=O) groups is 3. The minimum Gasteiger partial charge on any atom is -0.507 e. The number of aromatic hydroxyl groups is 4. The molecule has 0 aliphatic heterocycles. The zero-order valence-corrected chi connectivity index (χ0v) is 18.8. The second-order valence-electron chi connectivity index (χ2n) is 8.01. The Hall–Kier alpha value is -5.19. The highest BCUT2D eigenvalue weighted by Gasteiger charge is 2.29. The predicted octanol–water partition coefficient (Wildman–Crippen LogP) is 4.76. The van der Waals surface area contributed by atoms with Crippen molar-refractivity contribution in [2.24, 2.45) is 0 Å². The molecule has 0 saturated heterocycles. The molecule has 0 radical (unpaired) electrons. The number of phenols is 4. The molecule has 0 amide bonds. The summed E-state index contributed by atoms with van der Waals surface area (Å²) in [6.07, 6.45) is 0. The van der Waals surface area contributed by atoms with Gasteiger partial charge in [0.2, 0.25) is 17.3 Å². The molecule has 192 valence electrons. The smallest absolute Gasteiger partial charge is 0.200 e. The van der Waals surface area contributed by atoms with E-state index in [4.69, 9.17) is 0 Å². The number of halogens is 4. The third-order valence-corrected chi connectivity index (χ3v) is 5.53. The van der Waals surface area contributed by atoms with Gasteiger partial charge in [-0.25, -0.2) is 17.6 Å². The molecule has 0 atom stereocenters. The SMILES string of the molecule is O=C(c1cc(F)ccc1O)c1cc(F)cc(C(=O)c2cc(F)cc(C(=O)c3cc(F)ccc3O)c2O)c1O. The molecule has 0 heterocycles. The van der Waals surface area contributed by atoms with Crippen LogP contribution in [-0.4, -0.2) is 37.8 Å². The second-order valence-corrected chi connectivity index (χ2v) is 8.01. The zero-order valence-electron chi connectivity index (χ0n) is 18.8. The summed E-state index contributed by atoms with van der Waals surface area (Å²) in [7, 11) is 0. The largest absolute Gasteiger partial charge is 0.507 e. The molecular weight excluding hydrogens is 512 g/mol. The quantitative estimate of drug-likeness (QED) is 0.210. The van der Waals surface area contributed by atoms with Crippen LogP contribution >= 0.6 is 0 Å². The van der Waals surface area contributed by atoms with Crippen LogP contribution in [0.5, 0.6) is 23.0 Å². The Morgan fingerprint density at radius 2 is 0.684 bits per heavy atom. The van der Waals surface area contributed by atoms with E-state index in [1.165, 1.54) is 0 Å². The molecule has 7 nitrogen and oxygen atoms in total. The maximum atomic E-state index is 14.4. The Bertz CT molecular complexity index is 1540. The van der Waals surface area contributed by atoms with Crippen LogP contribution < -0.4 is 0 Å². The van der Waals surface area contributed by atoms with Crippen molar-refractivity contribution in [2.75, 3.05) is 0 Å². The van der Waals surface area contributed by atoms with Crippen LogP contribution in [-0.2, 0) is 0 Å². The summed E-state index contributed by atoms with van der Waals surface area (Å²) >= 11 is 0. The van der Waals surface area contributed by atoms with E-state index in [1.807, 2.05) is 0 Å². The van der Waals surface area contributed by atoms with E-state index in [9.17, 15) is 52.4 Å². The van der Waals surface area contributed by atoms with Crippen molar-refractivity contribution in [3.05, 3.63) is 117 Å². The summed E-state index contributed by atoms with van der Waals surface area (Å²) in [5.74, 6) is -12.1. The van der Waals surface area contributed by atoms with Crippen LogP contribution in [0.1, 0.15) is 47.8 Å². The molecule has 0 aliphatic carbocycles. The van der Waals surface area contributed by atoms with E-state index >= 15 is 0 Å². The Kier molecular flexibility index (Phi) is 6.60. The van der Waals surface area contributed by atoms with Gasteiger partial charge in [0.15, 0.2) is 0 Å². The van der Waals surface area contributed by atoms with Gasteiger partial charge in [-0.1, -0.05) is 0 Å². The van der Waals surface area contributed by atoms with Gasteiger partial charge in [0, 0.05) is 0 Å². The average Bonchev–Trinajstić information content (AvgIpc) is 2.88.